The van der Waals surface area contributed by atoms with Gasteiger partial charge in [-0.25, -0.2) is 0 Å². The van der Waals surface area contributed by atoms with Gasteiger partial charge in [0.1, 0.15) is 0 Å². The molecule has 4 aromatic carbocycles. The largest absolute Gasteiger partial charge is 1.00 e. The monoisotopic (exact) mass is 742 g/mol. The fourth-order valence-electron chi connectivity index (χ4n) is 8.56. The molecule has 6 aromatic rings. The molecule has 2 unspecified atom stereocenters. The SMILES string of the molecule is Cn1c2c3c4[c](cccc41)[Hf+2][c]1cccc4c1c1c(n4C)-c4ccccc4C1[Si](C)(C)C3c1ccccc1-2.[Cl-].[Cl-]. The molecule has 3 heterocycles. The third-order valence-corrected chi connectivity index (χ3v) is 19.0. The number of benzene rings is 4. The second-order valence-electron chi connectivity index (χ2n) is 12.0. The molecule has 0 amide bonds. The van der Waals surface area contributed by atoms with Gasteiger partial charge in [0, 0.05) is 0 Å². The molecule has 0 radical (unpaired) electrons. The van der Waals surface area contributed by atoms with Crippen LogP contribution in [0.2, 0.25) is 13.1 Å². The van der Waals surface area contributed by atoms with Gasteiger partial charge in [-0.3, -0.25) is 0 Å². The summed E-state index contributed by atoms with van der Waals surface area (Å²) < 4.78 is 8.39. The van der Waals surface area contributed by atoms with E-state index in [9.17, 15) is 0 Å². The van der Waals surface area contributed by atoms with E-state index in [-0.39, 0.29) is 24.8 Å². The van der Waals surface area contributed by atoms with E-state index < -0.39 is 31.0 Å². The first kappa shape index (κ1) is 26.5. The van der Waals surface area contributed by atoms with E-state index in [1.54, 1.807) is 39.7 Å². The Morgan fingerprint density at radius 2 is 1.00 bits per heavy atom. The van der Waals surface area contributed by atoms with Crippen LogP contribution in [0.25, 0.3) is 44.3 Å². The second kappa shape index (κ2) is 8.81. The van der Waals surface area contributed by atoms with Crippen molar-refractivity contribution in [2.24, 2.45) is 14.1 Å². The zero-order chi connectivity index (χ0) is 25.5. The zero-order valence-corrected chi connectivity index (χ0v) is 29.0. The van der Waals surface area contributed by atoms with Gasteiger partial charge < -0.3 is 24.8 Å². The number of rotatable bonds is 0. The third-order valence-electron chi connectivity index (χ3n) is 9.92. The summed E-state index contributed by atoms with van der Waals surface area (Å²) >= 11 is -1.38. The molecule has 6 heteroatoms. The summed E-state index contributed by atoms with van der Waals surface area (Å²) in [6.07, 6.45) is 0. The smallest absolute Gasteiger partial charge is 1.00 e. The van der Waals surface area contributed by atoms with Crippen LogP contribution in [0.4, 0.5) is 0 Å². The summed E-state index contributed by atoms with van der Waals surface area (Å²) in [6, 6.07) is 33.1. The molecule has 2 atom stereocenters. The molecular formula is C34H28Cl2HfN2Si. The molecule has 0 saturated heterocycles. The Morgan fingerprint density at radius 1 is 0.575 bits per heavy atom. The first-order valence-electron chi connectivity index (χ1n) is 13.7. The number of fused-ring (bicyclic) bond motifs is 6. The molecule has 2 nitrogen and oxygen atoms in total. The topological polar surface area (TPSA) is 9.86 Å². The van der Waals surface area contributed by atoms with Crippen LogP contribution >= 0.6 is 0 Å². The second-order valence-corrected chi connectivity index (χ2v) is 21.6. The van der Waals surface area contributed by atoms with Crippen LogP contribution in [0.1, 0.15) is 33.3 Å². The number of hydrogen-bond donors (Lipinski definition) is 0. The van der Waals surface area contributed by atoms with Crippen LogP contribution in [0.5, 0.6) is 0 Å². The van der Waals surface area contributed by atoms with Crippen LogP contribution in [0.3, 0.4) is 0 Å². The first-order chi connectivity index (χ1) is 18.5. The molecule has 0 saturated carbocycles. The summed E-state index contributed by atoms with van der Waals surface area (Å²) in [5, 5.41) is 3.19. The minimum Gasteiger partial charge on any atom is -1.00 e. The molecule has 2 aliphatic carbocycles. The Morgan fingerprint density at radius 3 is 1.45 bits per heavy atom. The summed E-state index contributed by atoms with van der Waals surface area (Å²) in [4.78, 5) is 0. The third kappa shape index (κ3) is 2.99. The van der Waals surface area contributed by atoms with Crippen molar-refractivity contribution in [3.05, 3.63) is 107 Å². The van der Waals surface area contributed by atoms with E-state index in [2.05, 4.69) is 121 Å². The molecule has 1 aliphatic heterocycles. The van der Waals surface area contributed by atoms with E-state index >= 15 is 0 Å². The average molecular weight is 742 g/mol. The minimum atomic E-state index is -2.05. The van der Waals surface area contributed by atoms with Gasteiger partial charge in [-0.15, -0.1) is 0 Å². The van der Waals surface area contributed by atoms with E-state index in [1.165, 1.54) is 33.5 Å². The van der Waals surface area contributed by atoms with Crippen molar-refractivity contribution >= 4 is 36.5 Å². The van der Waals surface area contributed by atoms with Crippen molar-refractivity contribution < 1.29 is 47.7 Å². The number of hydrogen-bond acceptors (Lipinski definition) is 0. The van der Waals surface area contributed by atoms with E-state index in [1.807, 2.05) is 0 Å². The van der Waals surface area contributed by atoms with Crippen LogP contribution in [0.15, 0.2) is 84.9 Å². The van der Waals surface area contributed by atoms with Crippen molar-refractivity contribution in [1.82, 2.24) is 9.13 Å². The van der Waals surface area contributed by atoms with Crippen molar-refractivity contribution in [3.63, 3.8) is 0 Å². The quantitative estimate of drug-likeness (QED) is 0.204. The Balaban J connectivity index is 0.00000132. The maximum Gasteiger partial charge on any atom is -1.00 e. The van der Waals surface area contributed by atoms with Gasteiger partial charge in [0.25, 0.3) is 0 Å². The van der Waals surface area contributed by atoms with E-state index in [4.69, 9.17) is 0 Å². The van der Waals surface area contributed by atoms with Crippen LogP contribution in [0, 0.1) is 0 Å². The fourth-order valence-corrected chi connectivity index (χ4v) is 18.2. The Labute approximate surface area is 259 Å². The summed E-state index contributed by atoms with van der Waals surface area (Å²) in [5.74, 6) is 0. The molecule has 9 rings (SSSR count). The van der Waals surface area contributed by atoms with Gasteiger partial charge in [-0.05, 0) is 0 Å². The molecule has 40 heavy (non-hydrogen) atoms. The molecule has 0 N–H and O–H groups in total. The van der Waals surface area contributed by atoms with Gasteiger partial charge in [0.15, 0.2) is 0 Å². The van der Waals surface area contributed by atoms with Crippen molar-refractivity contribution in [2.45, 2.75) is 24.2 Å². The summed E-state index contributed by atoms with van der Waals surface area (Å²) in [5.41, 5.74) is 16.2. The minimum absolute atomic E-state index is 0. The predicted molar refractivity (Wildman–Crippen MR) is 157 cm³/mol. The number of aryl methyl sites for hydroxylation is 2. The first-order valence-corrected chi connectivity index (χ1v) is 20.4. The van der Waals surface area contributed by atoms with Crippen molar-refractivity contribution in [3.8, 4) is 22.5 Å². The molecule has 196 valence electrons. The number of halogens is 2. The van der Waals surface area contributed by atoms with E-state index in [0.717, 1.165) is 0 Å². The Kier molecular flexibility index (Phi) is 5.84. The number of nitrogens with zero attached hydrogens (tertiary/aromatic N) is 2. The van der Waals surface area contributed by atoms with Gasteiger partial charge in [0.05, 0.1) is 0 Å². The molecule has 2 aromatic heterocycles. The van der Waals surface area contributed by atoms with Crippen molar-refractivity contribution in [1.29, 1.82) is 0 Å². The summed E-state index contributed by atoms with van der Waals surface area (Å²) in [6.45, 7) is 5.40. The molecular weight excluding hydrogens is 714 g/mol. The number of aromatic nitrogens is 2. The maximum absolute atomic E-state index is 2.70. The average Bonchev–Trinajstić information content (AvgIpc) is 3.61. The van der Waals surface area contributed by atoms with Crippen LogP contribution in [-0.4, -0.2) is 17.2 Å². The molecule has 0 fully saturated rings. The van der Waals surface area contributed by atoms with E-state index in [0.29, 0.717) is 11.1 Å². The van der Waals surface area contributed by atoms with Gasteiger partial charge in [-0.2, -0.15) is 0 Å². The Bertz CT molecular complexity index is 1890. The molecule has 3 aliphatic rings. The normalized spacial score (nSPS) is 18.3. The fraction of sp³-hybridized carbons (Fsp3) is 0.176. The Hall–Kier alpha value is -2.37. The molecule has 0 spiro atoms. The predicted octanol–water partition coefficient (Wildman–Crippen LogP) is 0.736. The van der Waals surface area contributed by atoms with Crippen molar-refractivity contribution in [2.75, 3.05) is 0 Å². The summed E-state index contributed by atoms with van der Waals surface area (Å²) in [7, 11) is 2.57. The maximum atomic E-state index is 2.70. The standard InChI is InChI=1S/C34H28N2Si.2ClH.Hf/c1-35-27-19-11-9-17-25(27)29-31(35)21-13-5-7-15-23(21)33(29)37(3,4)34-24-16-8-6-14-22(24)32-30(34)26-18-10-12-20-28(26)36(32)2;;;/h5-16,19-20,33-34H,1-4H3;2*1H;/q;;;+2/p-2. The van der Waals surface area contributed by atoms with Crippen LogP contribution in [-0.2, 0) is 37.0 Å². The van der Waals surface area contributed by atoms with Gasteiger partial charge in [-0.1, -0.05) is 0 Å². The zero-order valence-electron chi connectivity index (χ0n) is 22.9. The van der Waals surface area contributed by atoms with Crippen LogP contribution < -0.4 is 31.5 Å². The van der Waals surface area contributed by atoms with Gasteiger partial charge in [0.2, 0.25) is 0 Å². The molecule has 0 bridgehead atoms. The van der Waals surface area contributed by atoms with Gasteiger partial charge >= 0.3 is 237 Å².